The van der Waals surface area contributed by atoms with E-state index in [1.54, 1.807) is 0 Å². The van der Waals surface area contributed by atoms with Gasteiger partial charge in [0.2, 0.25) is 0 Å². The predicted molar refractivity (Wildman–Crippen MR) is 83.9 cm³/mol. The smallest absolute Gasteiger partial charge is 0.270 e. The molecule has 0 spiro atoms. The summed E-state index contributed by atoms with van der Waals surface area (Å²) in [7, 11) is 0. The van der Waals surface area contributed by atoms with Gasteiger partial charge in [-0.1, -0.05) is 40.7 Å². The van der Waals surface area contributed by atoms with Gasteiger partial charge in [-0.15, -0.1) is 0 Å². The van der Waals surface area contributed by atoms with E-state index in [2.05, 4.69) is 25.9 Å². The number of H-pyrrole nitrogens is 1. The van der Waals surface area contributed by atoms with Crippen molar-refractivity contribution in [3.8, 4) is 17.3 Å². The number of halogens is 1. The van der Waals surface area contributed by atoms with Crippen LogP contribution in [0.2, 0.25) is 0 Å². The van der Waals surface area contributed by atoms with Gasteiger partial charge in [0.05, 0.1) is 5.69 Å². The Morgan fingerprint density at radius 1 is 1.50 bits per heavy atom. The topological polar surface area (TPSA) is 69.5 Å². The summed E-state index contributed by atoms with van der Waals surface area (Å²) in [6, 6.07) is 7.76. The zero-order valence-corrected chi connectivity index (χ0v) is 13.4. The van der Waals surface area contributed by atoms with Crippen LogP contribution in [0.5, 0.6) is 0 Å². The number of hydrogen-bond donors (Lipinski definition) is 1. The molecule has 0 aliphatic heterocycles. The maximum absolute atomic E-state index is 12.0. The van der Waals surface area contributed by atoms with E-state index < -0.39 is 5.56 Å². The number of nitrogens with one attached hydrogen (secondary N) is 1. The molecule has 0 radical (unpaired) electrons. The van der Waals surface area contributed by atoms with E-state index in [-0.39, 0.29) is 5.56 Å². The quantitative estimate of drug-likeness (QED) is 0.681. The molecule has 1 heterocycles. The second-order valence-corrected chi connectivity index (χ2v) is 5.78. The molecule has 0 fully saturated rings. The molecule has 2 aromatic rings. The number of hydrogen-bond acceptors (Lipinski definition) is 4. The Labute approximate surface area is 129 Å². The van der Waals surface area contributed by atoms with Gasteiger partial charge in [-0.2, -0.15) is 5.26 Å². The largest absolute Gasteiger partial charge is 0.300 e. The van der Waals surface area contributed by atoms with Gasteiger partial charge in [-0.25, -0.2) is 4.98 Å². The summed E-state index contributed by atoms with van der Waals surface area (Å²) in [6.45, 7) is 2.03. The molecule has 2 rings (SSSR count). The number of aryl methyl sites for hydroxylation is 1. The summed E-state index contributed by atoms with van der Waals surface area (Å²) >= 11 is 4.76. The number of aromatic nitrogens is 2. The molecule has 6 heteroatoms. The first-order valence-corrected chi connectivity index (χ1v) is 7.99. The Balaban J connectivity index is 2.81. The lowest BCUT2D eigenvalue weighted by Crippen LogP contribution is -2.15. The van der Waals surface area contributed by atoms with Crippen molar-refractivity contribution in [1.82, 2.24) is 9.97 Å². The highest BCUT2D eigenvalue weighted by molar-refractivity contribution is 9.10. The van der Waals surface area contributed by atoms with E-state index in [1.807, 2.05) is 37.4 Å². The van der Waals surface area contributed by atoms with E-state index in [1.165, 1.54) is 11.8 Å². The molecule has 1 aromatic heterocycles. The van der Waals surface area contributed by atoms with Gasteiger partial charge < -0.3 is 4.98 Å². The molecule has 0 saturated carbocycles. The van der Waals surface area contributed by atoms with Crippen molar-refractivity contribution >= 4 is 27.7 Å². The zero-order valence-electron chi connectivity index (χ0n) is 11.0. The van der Waals surface area contributed by atoms with E-state index in [4.69, 9.17) is 0 Å². The molecule has 0 bridgehead atoms. The second kappa shape index (κ2) is 6.25. The van der Waals surface area contributed by atoms with Crippen molar-refractivity contribution in [3.63, 3.8) is 0 Å². The van der Waals surface area contributed by atoms with Crippen molar-refractivity contribution in [3.05, 3.63) is 44.2 Å². The molecular formula is C14H12BrN3OS. The van der Waals surface area contributed by atoms with Crippen LogP contribution < -0.4 is 5.56 Å². The minimum absolute atomic E-state index is 0.0515. The van der Waals surface area contributed by atoms with Crippen molar-refractivity contribution < 1.29 is 0 Å². The van der Waals surface area contributed by atoms with Gasteiger partial charge in [0.25, 0.3) is 5.56 Å². The zero-order chi connectivity index (χ0) is 14.7. The average Bonchev–Trinajstić information content (AvgIpc) is 2.46. The maximum Gasteiger partial charge on any atom is 0.270 e. The summed E-state index contributed by atoms with van der Waals surface area (Å²) in [5.74, 6) is 0. The summed E-state index contributed by atoms with van der Waals surface area (Å²) in [6.07, 6.45) is 2.63. The normalized spacial score (nSPS) is 10.3. The summed E-state index contributed by atoms with van der Waals surface area (Å²) in [4.78, 5) is 19.0. The molecule has 102 valence electrons. The minimum Gasteiger partial charge on any atom is -0.300 e. The minimum atomic E-state index is -0.399. The van der Waals surface area contributed by atoms with Crippen LogP contribution in [-0.4, -0.2) is 16.2 Å². The third kappa shape index (κ3) is 2.79. The van der Waals surface area contributed by atoms with Crippen molar-refractivity contribution in [2.45, 2.75) is 18.5 Å². The fourth-order valence-electron chi connectivity index (χ4n) is 1.93. The third-order valence-electron chi connectivity index (χ3n) is 2.91. The lowest BCUT2D eigenvalue weighted by Gasteiger charge is -2.10. The van der Waals surface area contributed by atoms with Crippen LogP contribution in [0.1, 0.15) is 18.1 Å². The standard InChI is InChI=1S/C14H12BrN3OS/c1-3-8-4-5-9(15)6-10(8)12-11(7-16)13(19)18-14(17-12)20-2/h4-6H,3H2,1-2H3,(H,17,18,19). The molecule has 0 aliphatic carbocycles. The first-order valence-electron chi connectivity index (χ1n) is 5.97. The Morgan fingerprint density at radius 2 is 2.25 bits per heavy atom. The molecule has 1 N–H and O–H groups in total. The fraction of sp³-hybridized carbons (Fsp3) is 0.214. The highest BCUT2D eigenvalue weighted by Gasteiger charge is 2.15. The van der Waals surface area contributed by atoms with E-state index in [0.29, 0.717) is 10.9 Å². The van der Waals surface area contributed by atoms with E-state index >= 15 is 0 Å². The number of rotatable bonds is 3. The predicted octanol–water partition coefficient (Wildman–Crippen LogP) is 3.36. The van der Waals surface area contributed by atoms with Gasteiger partial charge in [0.15, 0.2) is 5.16 Å². The van der Waals surface area contributed by atoms with Gasteiger partial charge in [-0.05, 0) is 30.4 Å². The average molecular weight is 350 g/mol. The number of benzene rings is 1. The molecular weight excluding hydrogens is 338 g/mol. The molecule has 0 unspecified atom stereocenters. The van der Waals surface area contributed by atoms with Gasteiger partial charge >= 0.3 is 0 Å². The molecule has 1 aromatic carbocycles. The Bertz CT molecular complexity index is 749. The molecule has 0 aliphatic rings. The van der Waals surface area contributed by atoms with Crippen LogP contribution in [0.3, 0.4) is 0 Å². The second-order valence-electron chi connectivity index (χ2n) is 4.07. The monoisotopic (exact) mass is 349 g/mol. The first-order chi connectivity index (χ1) is 9.60. The molecule has 0 saturated heterocycles. The number of nitriles is 1. The number of thioether (sulfide) groups is 1. The highest BCUT2D eigenvalue weighted by Crippen LogP contribution is 2.28. The van der Waals surface area contributed by atoms with Gasteiger partial charge in [-0.3, -0.25) is 4.79 Å². The molecule has 20 heavy (non-hydrogen) atoms. The SMILES string of the molecule is CCc1ccc(Br)cc1-c1nc(SC)[nH]c(=O)c1C#N. The molecule has 0 atom stereocenters. The Hall–Kier alpha value is -1.58. The Kier molecular flexibility index (Phi) is 4.63. The lowest BCUT2D eigenvalue weighted by atomic mass is 10.00. The summed E-state index contributed by atoms with van der Waals surface area (Å²) in [5.41, 5.74) is 1.97. The Morgan fingerprint density at radius 3 is 2.85 bits per heavy atom. The number of aromatic amines is 1. The third-order valence-corrected chi connectivity index (χ3v) is 3.98. The van der Waals surface area contributed by atoms with E-state index in [0.717, 1.165) is 22.0 Å². The van der Waals surface area contributed by atoms with Gasteiger partial charge in [0, 0.05) is 10.0 Å². The van der Waals surface area contributed by atoms with E-state index in [9.17, 15) is 10.1 Å². The fourth-order valence-corrected chi connectivity index (χ4v) is 2.66. The molecule has 4 nitrogen and oxygen atoms in total. The first kappa shape index (κ1) is 14.8. The molecule has 0 amide bonds. The summed E-state index contributed by atoms with van der Waals surface area (Å²) < 4.78 is 0.890. The van der Waals surface area contributed by atoms with Gasteiger partial charge in [0.1, 0.15) is 11.6 Å². The van der Waals surface area contributed by atoms with Crippen LogP contribution in [0.4, 0.5) is 0 Å². The highest BCUT2D eigenvalue weighted by atomic mass is 79.9. The maximum atomic E-state index is 12.0. The number of nitrogens with zero attached hydrogens (tertiary/aromatic N) is 2. The van der Waals surface area contributed by atoms with Crippen LogP contribution in [0.15, 0.2) is 32.6 Å². The van der Waals surface area contributed by atoms with Crippen LogP contribution in [-0.2, 0) is 6.42 Å². The lowest BCUT2D eigenvalue weighted by molar-refractivity contribution is 0.935. The van der Waals surface area contributed by atoms with Crippen molar-refractivity contribution in [2.24, 2.45) is 0 Å². The van der Waals surface area contributed by atoms with Crippen molar-refractivity contribution in [1.29, 1.82) is 5.26 Å². The summed E-state index contributed by atoms with van der Waals surface area (Å²) in [5, 5.41) is 9.73. The van der Waals surface area contributed by atoms with Crippen molar-refractivity contribution in [2.75, 3.05) is 6.26 Å². The van der Waals surface area contributed by atoms with Crippen LogP contribution in [0, 0.1) is 11.3 Å². The van der Waals surface area contributed by atoms with Crippen LogP contribution in [0.25, 0.3) is 11.3 Å². The van der Waals surface area contributed by atoms with Crippen LogP contribution >= 0.6 is 27.7 Å².